The summed E-state index contributed by atoms with van der Waals surface area (Å²) in [4.78, 5) is 22.8. The first-order chi connectivity index (χ1) is 8.74. The highest BCUT2D eigenvalue weighted by Gasteiger charge is 2.09. The molecule has 7 heteroatoms. The second kappa shape index (κ2) is 3.88. The van der Waals surface area contributed by atoms with Crippen molar-refractivity contribution in [3.8, 4) is 5.82 Å². The molecule has 0 aliphatic carbocycles. The van der Waals surface area contributed by atoms with E-state index in [9.17, 15) is 4.79 Å². The topological polar surface area (TPSA) is 93.8 Å². The zero-order chi connectivity index (χ0) is 12.5. The van der Waals surface area contributed by atoms with E-state index in [-0.39, 0.29) is 5.69 Å². The van der Waals surface area contributed by atoms with Crippen LogP contribution in [-0.4, -0.2) is 35.8 Å². The van der Waals surface area contributed by atoms with Crippen LogP contribution in [0.1, 0.15) is 10.5 Å². The summed E-state index contributed by atoms with van der Waals surface area (Å²) in [5, 5.41) is 13.1. The van der Waals surface area contributed by atoms with Crippen molar-refractivity contribution in [2.75, 3.05) is 0 Å². The van der Waals surface area contributed by atoms with Gasteiger partial charge in [-0.1, -0.05) is 0 Å². The van der Waals surface area contributed by atoms with E-state index in [4.69, 9.17) is 5.11 Å². The summed E-state index contributed by atoms with van der Waals surface area (Å²) in [6, 6.07) is 3.03. The van der Waals surface area contributed by atoms with Gasteiger partial charge in [-0.25, -0.2) is 19.4 Å². The number of aromatic carboxylic acids is 1. The number of fused-ring (bicyclic) bond motifs is 1. The number of hydrogen-bond donors (Lipinski definition) is 1. The Morgan fingerprint density at radius 2 is 2.11 bits per heavy atom. The second-order valence-corrected chi connectivity index (χ2v) is 3.54. The minimum Gasteiger partial charge on any atom is -0.477 e. The number of nitrogens with zero attached hydrogens (tertiary/aromatic N) is 5. The van der Waals surface area contributed by atoms with Crippen molar-refractivity contribution < 1.29 is 9.90 Å². The predicted octanol–water partition coefficient (Wildman–Crippen LogP) is 0.909. The van der Waals surface area contributed by atoms with Gasteiger partial charge in [-0.3, -0.25) is 4.98 Å². The molecule has 18 heavy (non-hydrogen) atoms. The highest BCUT2D eigenvalue weighted by atomic mass is 16.4. The molecule has 7 nitrogen and oxygen atoms in total. The molecular formula is C11H7N5O2. The fraction of sp³-hybridized carbons (Fsp3) is 0. The quantitative estimate of drug-likeness (QED) is 0.716. The van der Waals surface area contributed by atoms with Gasteiger partial charge >= 0.3 is 5.97 Å². The summed E-state index contributed by atoms with van der Waals surface area (Å²) in [6.07, 6.45) is 6.29. The Morgan fingerprint density at radius 1 is 1.22 bits per heavy atom. The van der Waals surface area contributed by atoms with Gasteiger partial charge in [-0.2, -0.15) is 5.10 Å². The van der Waals surface area contributed by atoms with Crippen molar-refractivity contribution in [3.63, 3.8) is 0 Å². The van der Waals surface area contributed by atoms with Gasteiger partial charge in [0.05, 0.1) is 12.4 Å². The number of aromatic nitrogens is 5. The molecule has 3 aromatic rings. The van der Waals surface area contributed by atoms with Gasteiger partial charge in [0, 0.05) is 12.4 Å². The second-order valence-electron chi connectivity index (χ2n) is 3.54. The summed E-state index contributed by atoms with van der Waals surface area (Å²) >= 11 is 0. The lowest BCUT2D eigenvalue weighted by Gasteiger charge is -1.95. The Kier molecular flexibility index (Phi) is 2.23. The van der Waals surface area contributed by atoms with Crippen LogP contribution < -0.4 is 0 Å². The largest absolute Gasteiger partial charge is 0.477 e. The molecule has 0 spiro atoms. The standard InChI is InChI=1S/C11H7N5O2/c17-11(18)8-2-1-7-9(14-8)6-16(15-7)10-5-12-3-4-13-10/h1-6H,(H,17,18). The van der Waals surface area contributed by atoms with Crippen LogP contribution in [0, 0.1) is 0 Å². The summed E-state index contributed by atoms with van der Waals surface area (Å²) in [6.45, 7) is 0. The zero-order valence-corrected chi connectivity index (χ0v) is 9.06. The van der Waals surface area contributed by atoms with E-state index < -0.39 is 5.97 Å². The van der Waals surface area contributed by atoms with Gasteiger partial charge in [0.1, 0.15) is 16.7 Å². The summed E-state index contributed by atoms with van der Waals surface area (Å²) < 4.78 is 1.51. The molecule has 0 atom stereocenters. The van der Waals surface area contributed by atoms with Crippen molar-refractivity contribution in [3.05, 3.63) is 42.6 Å². The van der Waals surface area contributed by atoms with Crippen molar-refractivity contribution in [1.29, 1.82) is 0 Å². The van der Waals surface area contributed by atoms with Crippen molar-refractivity contribution >= 4 is 17.0 Å². The van der Waals surface area contributed by atoms with Crippen LogP contribution in [0.25, 0.3) is 16.9 Å². The Morgan fingerprint density at radius 3 is 2.83 bits per heavy atom. The number of carbonyl (C=O) groups is 1. The fourth-order valence-corrected chi connectivity index (χ4v) is 1.55. The molecule has 0 saturated heterocycles. The third-order valence-corrected chi connectivity index (χ3v) is 2.37. The molecule has 0 bridgehead atoms. The smallest absolute Gasteiger partial charge is 0.354 e. The highest BCUT2D eigenvalue weighted by Crippen LogP contribution is 2.12. The number of hydrogen-bond acceptors (Lipinski definition) is 5. The highest BCUT2D eigenvalue weighted by molar-refractivity contribution is 5.88. The molecule has 0 aliphatic rings. The molecule has 3 heterocycles. The minimum absolute atomic E-state index is 0.0128. The van der Waals surface area contributed by atoms with E-state index in [0.717, 1.165) is 0 Å². The Bertz CT molecular complexity index is 723. The van der Waals surface area contributed by atoms with Gasteiger partial charge in [0.2, 0.25) is 0 Å². The first kappa shape index (κ1) is 10.3. The molecule has 0 saturated carbocycles. The summed E-state index contributed by atoms with van der Waals surface area (Å²) in [7, 11) is 0. The van der Waals surface area contributed by atoms with E-state index in [0.29, 0.717) is 16.9 Å². The van der Waals surface area contributed by atoms with Crippen LogP contribution in [0.5, 0.6) is 0 Å². The van der Waals surface area contributed by atoms with E-state index >= 15 is 0 Å². The monoisotopic (exact) mass is 241 g/mol. The van der Waals surface area contributed by atoms with Crippen molar-refractivity contribution in [2.24, 2.45) is 0 Å². The maximum Gasteiger partial charge on any atom is 0.354 e. The van der Waals surface area contributed by atoms with Crippen LogP contribution in [0.3, 0.4) is 0 Å². The van der Waals surface area contributed by atoms with Gasteiger partial charge in [0.15, 0.2) is 5.82 Å². The van der Waals surface area contributed by atoms with E-state index in [1.807, 2.05) is 0 Å². The van der Waals surface area contributed by atoms with Crippen LogP contribution in [0.15, 0.2) is 36.9 Å². The molecule has 3 rings (SSSR count). The third-order valence-electron chi connectivity index (χ3n) is 2.37. The van der Waals surface area contributed by atoms with Gasteiger partial charge in [-0.05, 0) is 12.1 Å². The van der Waals surface area contributed by atoms with Crippen molar-refractivity contribution in [1.82, 2.24) is 24.7 Å². The summed E-state index contributed by atoms with van der Waals surface area (Å²) in [5.74, 6) is -0.517. The van der Waals surface area contributed by atoms with Gasteiger partial charge in [0.25, 0.3) is 0 Å². The molecule has 0 aliphatic heterocycles. The molecule has 88 valence electrons. The zero-order valence-electron chi connectivity index (χ0n) is 9.06. The van der Waals surface area contributed by atoms with Gasteiger partial charge < -0.3 is 5.11 Å². The molecule has 0 amide bonds. The minimum atomic E-state index is -1.07. The molecule has 0 unspecified atom stereocenters. The number of pyridine rings is 1. The first-order valence-electron chi connectivity index (χ1n) is 5.10. The van der Waals surface area contributed by atoms with Crippen LogP contribution in [-0.2, 0) is 0 Å². The number of carboxylic acid groups (broad SMARTS) is 1. The average molecular weight is 241 g/mol. The Labute approximate surface area is 101 Å². The summed E-state index contributed by atoms with van der Waals surface area (Å²) in [5.41, 5.74) is 1.09. The Hall–Kier alpha value is -2.83. The number of carboxylic acids is 1. The average Bonchev–Trinajstić information content (AvgIpc) is 2.82. The van der Waals surface area contributed by atoms with Crippen LogP contribution in [0.4, 0.5) is 0 Å². The maximum atomic E-state index is 10.8. The van der Waals surface area contributed by atoms with Gasteiger partial charge in [-0.15, -0.1) is 0 Å². The maximum absolute atomic E-state index is 10.8. The predicted molar refractivity (Wildman–Crippen MR) is 61.4 cm³/mol. The van der Waals surface area contributed by atoms with Crippen LogP contribution in [0.2, 0.25) is 0 Å². The SMILES string of the molecule is O=C(O)c1ccc2nn(-c3cnccn3)cc2n1. The molecule has 0 fully saturated rings. The molecule has 1 N–H and O–H groups in total. The normalized spacial score (nSPS) is 10.7. The first-order valence-corrected chi connectivity index (χ1v) is 5.10. The lowest BCUT2D eigenvalue weighted by molar-refractivity contribution is 0.0691. The van der Waals surface area contributed by atoms with E-state index in [2.05, 4.69) is 20.1 Å². The molecule has 3 aromatic heterocycles. The van der Waals surface area contributed by atoms with E-state index in [1.165, 1.54) is 10.7 Å². The third kappa shape index (κ3) is 1.67. The van der Waals surface area contributed by atoms with Crippen molar-refractivity contribution in [2.45, 2.75) is 0 Å². The molecule has 0 aromatic carbocycles. The van der Waals surface area contributed by atoms with E-state index in [1.54, 1.807) is 30.9 Å². The lowest BCUT2D eigenvalue weighted by Crippen LogP contribution is -1.98. The molecule has 0 radical (unpaired) electrons. The number of rotatable bonds is 2. The molecular weight excluding hydrogens is 234 g/mol. The Balaban J connectivity index is 2.14. The van der Waals surface area contributed by atoms with Crippen LogP contribution >= 0.6 is 0 Å². The fourth-order valence-electron chi connectivity index (χ4n) is 1.55. The lowest BCUT2D eigenvalue weighted by atomic mass is 10.3.